The average molecular weight is 459 g/mol. The maximum atomic E-state index is 8.86. The maximum Gasteiger partial charge on any atom is 2.00 e. The van der Waals surface area contributed by atoms with Crippen molar-refractivity contribution in [3.63, 3.8) is 0 Å². The van der Waals surface area contributed by atoms with Crippen LogP contribution in [0.15, 0.2) is 48.5 Å². The summed E-state index contributed by atoms with van der Waals surface area (Å²) in [5, 5.41) is 16.9. The van der Waals surface area contributed by atoms with E-state index in [0.717, 1.165) is 0 Å². The summed E-state index contributed by atoms with van der Waals surface area (Å²) in [5.74, 6) is 1.73. The van der Waals surface area contributed by atoms with Gasteiger partial charge < -0.3 is 14.3 Å². The molecule has 0 bridgehead atoms. The molecule has 0 aliphatic heterocycles. The SMILES string of the molecule is [C-]#[N+]c1c[c-]n(-c2cccc(Oc3cccc(-n4[c-]cc(C#N)n4)n3)n2)n1.[Pd+2]. The Balaban J connectivity index is 0.00000225. The summed E-state index contributed by atoms with van der Waals surface area (Å²) in [4.78, 5) is 11.9. The van der Waals surface area contributed by atoms with E-state index < -0.39 is 0 Å². The molecule has 0 aliphatic carbocycles. The molecule has 0 spiro atoms. The van der Waals surface area contributed by atoms with Crippen LogP contribution in [0.5, 0.6) is 11.8 Å². The summed E-state index contributed by atoms with van der Waals surface area (Å²) in [6.45, 7) is 6.96. The van der Waals surface area contributed by atoms with Gasteiger partial charge in [-0.05, 0) is 29.5 Å². The topological polar surface area (TPSA) is 98.8 Å². The number of hydrogen-bond donors (Lipinski definition) is 0. The number of nitriles is 1. The van der Waals surface area contributed by atoms with E-state index in [2.05, 4.69) is 37.4 Å². The quantitative estimate of drug-likeness (QED) is 0.344. The number of hydrogen-bond acceptors (Lipinski definition) is 6. The predicted octanol–water partition coefficient (Wildman–Crippen LogP) is 2.66. The second-order valence-corrected chi connectivity index (χ2v) is 5.11. The molecule has 0 aliphatic rings. The Hall–Kier alpha value is -3.84. The number of aromatic nitrogens is 6. The Morgan fingerprint density at radius 3 is 2.11 bits per heavy atom. The van der Waals surface area contributed by atoms with Crippen LogP contribution in [-0.2, 0) is 20.4 Å². The minimum Gasteiger partial charge on any atom is -0.423 e. The van der Waals surface area contributed by atoms with Crippen molar-refractivity contribution in [2.45, 2.75) is 0 Å². The molecule has 0 atom stereocenters. The van der Waals surface area contributed by atoms with Crippen molar-refractivity contribution in [1.82, 2.24) is 29.5 Å². The van der Waals surface area contributed by atoms with Crippen LogP contribution < -0.4 is 4.74 Å². The van der Waals surface area contributed by atoms with E-state index in [-0.39, 0.29) is 31.9 Å². The molecular formula is C18H8N8OPd. The van der Waals surface area contributed by atoms with Crippen molar-refractivity contribution in [2.75, 3.05) is 0 Å². The van der Waals surface area contributed by atoms with Gasteiger partial charge >= 0.3 is 26.2 Å². The maximum absolute atomic E-state index is 8.86. The monoisotopic (exact) mass is 458 g/mol. The van der Waals surface area contributed by atoms with E-state index in [1.807, 2.05) is 6.07 Å². The first-order chi connectivity index (χ1) is 13.2. The van der Waals surface area contributed by atoms with Crippen molar-refractivity contribution < 1.29 is 25.2 Å². The Labute approximate surface area is 173 Å². The Kier molecular flexibility index (Phi) is 5.57. The predicted molar refractivity (Wildman–Crippen MR) is 91.4 cm³/mol. The van der Waals surface area contributed by atoms with Gasteiger partial charge in [0.25, 0.3) is 0 Å². The number of ether oxygens (including phenoxy) is 1. The molecule has 0 radical (unpaired) electrons. The summed E-state index contributed by atoms with van der Waals surface area (Å²) >= 11 is 0. The zero-order valence-electron chi connectivity index (χ0n) is 13.9. The van der Waals surface area contributed by atoms with Crippen LogP contribution in [0.3, 0.4) is 0 Å². The third-order valence-corrected chi connectivity index (χ3v) is 3.34. The van der Waals surface area contributed by atoms with Gasteiger partial charge in [0.15, 0.2) is 0 Å². The smallest absolute Gasteiger partial charge is 0.423 e. The van der Waals surface area contributed by atoms with E-state index in [1.54, 1.807) is 36.4 Å². The van der Waals surface area contributed by atoms with Gasteiger partial charge in [0.05, 0.1) is 23.4 Å². The first-order valence-corrected chi connectivity index (χ1v) is 7.61. The van der Waals surface area contributed by atoms with E-state index in [4.69, 9.17) is 16.6 Å². The van der Waals surface area contributed by atoms with Gasteiger partial charge in [-0.15, -0.1) is 6.07 Å². The molecule has 0 unspecified atom stereocenters. The van der Waals surface area contributed by atoms with Crippen LogP contribution >= 0.6 is 0 Å². The second kappa shape index (κ2) is 8.24. The molecule has 9 nitrogen and oxygen atoms in total. The zero-order chi connectivity index (χ0) is 18.6. The van der Waals surface area contributed by atoms with Crippen molar-refractivity contribution in [2.24, 2.45) is 0 Å². The van der Waals surface area contributed by atoms with Crippen LogP contribution in [0, 0.1) is 30.3 Å². The molecular weight excluding hydrogens is 451 g/mol. The van der Waals surface area contributed by atoms with Gasteiger partial charge in [-0.2, -0.15) is 0 Å². The molecule has 136 valence electrons. The normalized spacial score (nSPS) is 9.79. The van der Waals surface area contributed by atoms with Crippen molar-refractivity contribution in [3.8, 4) is 29.5 Å². The summed E-state index contributed by atoms with van der Waals surface area (Å²) < 4.78 is 8.44. The van der Waals surface area contributed by atoms with Crippen molar-refractivity contribution in [3.05, 3.63) is 78.0 Å². The van der Waals surface area contributed by atoms with Crippen LogP contribution in [-0.4, -0.2) is 29.5 Å². The van der Waals surface area contributed by atoms with E-state index in [9.17, 15) is 0 Å². The second-order valence-electron chi connectivity index (χ2n) is 5.11. The molecule has 0 saturated carbocycles. The molecule has 4 heterocycles. The molecule has 0 amide bonds. The Morgan fingerprint density at radius 1 is 0.964 bits per heavy atom. The molecule has 28 heavy (non-hydrogen) atoms. The third-order valence-electron chi connectivity index (χ3n) is 3.34. The Bertz CT molecular complexity index is 1110. The number of pyridine rings is 2. The van der Waals surface area contributed by atoms with Gasteiger partial charge in [0.2, 0.25) is 11.8 Å². The minimum atomic E-state index is 0. The molecule has 4 aromatic heterocycles. The summed E-state index contributed by atoms with van der Waals surface area (Å²) in [6.07, 6.45) is 5.63. The molecule has 4 rings (SSSR count). The number of rotatable bonds is 4. The summed E-state index contributed by atoms with van der Waals surface area (Å²) in [6, 6.07) is 15.1. The van der Waals surface area contributed by atoms with Crippen LogP contribution in [0.4, 0.5) is 5.82 Å². The number of nitrogens with zero attached hydrogens (tertiary/aromatic N) is 8. The fourth-order valence-corrected chi connectivity index (χ4v) is 2.18. The van der Waals surface area contributed by atoms with Crippen LogP contribution in [0.2, 0.25) is 0 Å². The van der Waals surface area contributed by atoms with Gasteiger partial charge in [-0.3, -0.25) is 9.97 Å². The molecule has 10 heteroatoms. The fourth-order valence-electron chi connectivity index (χ4n) is 2.18. The van der Waals surface area contributed by atoms with E-state index in [1.165, 1.54) is 21.5 Å². The first-order valence-electron chi connectivity index (χ1n) is 7.61. The van der Waals surface area contributed by atoms with Gasteiger partial charge in [-0.25, -0.2) is 15.0 Å². The summed E-state index contributed by atoms with van der Waals surface area (Å²) in [7, 11) is 0. The van der Waals surface area contributed by atoms with Crippen LogP contribution in [0.25, 0.3) is 16.5 Å². The standard InChI is InChI=1S/C18H8N8O.Pd/c1-20-14-9-11-26(24-14)16-5-3-7-18(22-16)27-17-6-2-4-15(21-17)25-10-8-13(12-19)23-25;/h2-9H;/q-2;+2. The van der Waals surface area contributed by atoms with Gasteiger partial charge in [0, 0.05) is 0 Å². The molecule has 0 fully saturated rings. The first kappa shape index (κ1) is 18.9. The Morgan fingerprint density at radius 2 is 1.57 bits per heavy atom. The van der Waals surface area contributed by atoms with E-state index >= 15 is 0 Å². The van der Waals surface area contributed by atoms with E-state index in [0.29, 0.717) is 23.4 Å². The molecule has 0 N–H and O–H groups in total. The minimum absolute atomic E-state index is 0. The van der Waals surface area contributed by atoms with Crippen molar-refractivity contribution in [1.29, 1.82) is 5.26 Å². The fraction of sp³-hybridized carbons (Fsp3) is 0. The summed E-state index contributed by atoms with van der Waals surface area (Å²) in [5.41, 5.74) is 0.242. The van der Waals surface area contributed by atoms with Crippen molar-refractivity contribution >= 4 is 5.82 Å². The molecule has 4 aromatic rings. The third kappa shape index (κ3) is 3.94. The zero-order valence-corrected chi connectivity index (χ0v) is 15.5. The largest absolute Gasteiger partial charge is 2.00 e. The molecule has 0 saturated heterocycles. The van der Waals surface area contributed by atoms with Gasteiger partial charge in [0.1, 0.15) is 0 Å². The molecule has 0 aromatic carbocycles. The van der Waals surface area contributed by atoms with Crippen LogP contribution in [0.1, 0.15) is 5.69 Å². The average Bonchev–Trinajstić information content (AvgIpc) is 3.38. The van der Waals surface area contributed by atoms with Gasteiger partial charge in [-0.1, -0.05) is 37.0 Å².